The van der Waals surface area contributed by atoms with Crippen molar-refractivity contribution < 1.29 is 14.3 Å². The number of ether oxygens (including phenoxy) is 1. The summed E-state index contributed by atoms with van der Waals surface area (Å²) in [4.78, 5) is 28.4. The molecule has 0 atom stereocenters. The topological polar surface area (TPSA) is 97.0 Å². The maximum atomic E-state index is 12.2. The molecule has 1 heterocycles. The molecule has 2 N–H and O–H groups in total. The number of amides is 1. The lowest BCUT2D eigenvalue weighted by Crippen LogP contribution is -2.15. The van der Waals surface area contributed by atoms with Crippen LogP contribution in [0.15, 0.2) is 53.7 Å². The Morgan fingerprint density at radius 3 is 2.48 bits per heavy atom. The molecule has 29 heavy (non-hydrogen) atoms. The largest absolute Gasteiger partial charge is 0.459 e. The lowest BCUT2D eigenvalue weighted by atomic mass is 10.2. The van der Waals surface area contributed by atoms with Crippen LogP contribution in [-0.4, -0.2) is 38.9 Å². The van der Waals surface area contributed by atoms with Crippen molar-refractivity contribution in [2.24, 2.45) is 0 Å². The zero-order valence-corrected chi connectivity index (χ0v) is 17.4. The molecule has 0 aliphatic heterocycles. The zero-order valence-electron chi connectivity index (χ0n) is 15.8. The lowest BCUT2D eigenvalue weighted by molar-refractivity contribution is -0.113. The van der Waals surface area contributed by atoms with Gasteiger partial charge in [0.15, 0.2) is 5.82 Å². The fraction of sp³-hybridized carbons (Fsp3) is 0.200. The first-order valence-corrected chi connectivity index (χ1v) is 10.2. The van der Waals surface area contributed by atoms with Crippen LogP contribution in [0.5, 0.6) is 0 Å². The monoisotopic (exact) mass is 430 g/mol. The van der Waals surface area contributed by atoms with Crippen molar-refractivity contribution in [2.45, 2.75) is 25.1 Å². The number of H-pyrrole nitrogens is 1. The number of carbonyl (C=O) groups is 2. The minimum atomic E-state index is -0.394. The number of nitrogens with zero attached hydrogens (tertiary/aromatic N) is 2. The van der Waals surface area contributed by atoms with Crippen LogP contribution >= 0.6 is 23.4 Å². The summed E-state index contributed by atoms with van der Waals surface area (Å²) < 4.78 is 5.13. The summed E-state index contributed by atoms with van der Waals surface area (Å²) in [7, 11) is 0. The minimum Gasteiger partial charge on any atom is -0.459 e. The van der Waals surface area contributed by atoms with E-state index in [9.17, 15) is 9.59 Å². The van der Waals surface area contributed by atoms with Gasteiger partial charge >= 0.3 is 5.97 Å². The molecule has 0 unspecified atom stereocenters. The molecular weight excluding hydrogens is 412 g/mol. The zero-order chi connectivity index (χ0) is 20.8. The Kier molecular flexibility index (Phi) is 6.90. The quantitative estimate of drug-likeness (QED) is 0.425. The Balaban J connectivity index is 1.51. The van der Waals surface area contributed by atoms with Crippen molar-refractivity contribution >= 4 is 40.9 Å². The highest BCUT2D eigenvalue weighted by Crippen LogP contribution is 2.21. The molecule has 9 heteroatoms. The SMILES string of the molecule is CC(C)OC(=O)c1ccc(NC(=O)CSc2n[nH]c(-c3ccc(Cl)cc3)n2)cc1. The molecule has 0 aliphatic rings. The predicted octanol–water partition coefficient (Wildman–Crippen LogP) is 4.42. The van der Waals surface area contributed by atoms with Crippen molar-refractivity contribution in [2.75, 3.05) is 11.1 Å². The standard InChI is InChI=1S/C20H19ClN4O3S/c1-12(2)28-19(27)14-5-9-16(10-6-14)22-17(26)11-29-20-23-18(24-25-20)13-3-7-15(21)8-4-13/h3-10,12H,11H2,1-2H3,(H,22,26)(H,23,24,25). The molecule has 2 aromatic carbocycles. The number of nitrogens with one attached hydrogen (secondary N) is 2. The molecule has 0 saturated heterocycles. The Morgan fingerprint density at radius 2 is 1.83 bits per heavy atom. The number of halogens is 1. The molecular formula is C20H19ClN4O3S. The third kappa shape index (κ3) is 6.07. The Labute approximate surface area is 177 Å². The second kappa shape index (κ2) is 9.58. The van der Waals surface area contributed by atoms with Crippen LogP contribution < -0.4 is 5.32 Å². The van der Waals surface area contributed by atoms with Gasteiger partial charge in [0.2, 0.25) is 11.1 Å². The summed E-state index contributed by atoms with van der Waals surface area (Å²) in [6.45, 7) is 3.58. The Morgan fingerprint density at radius 1 is 1.14 bits per heavy atom. The van der Waals surface area contributed by atoms with E-state index in [0.717, 1.165) is 5.56 Å². The van der Waals surface area contributed by atoms with E-state index in [2.05, 4.69) is 20.5 Å². The van der Waals surface area contributed by atoms with Gasteiger partial charge in [0.25, 0.3) is 0 Å². The van der Waals surface area contributed by atoms with Crippen LogP contribution in [0, 0.1) is 0 Å². The van der Waals surface area contributed by atoms with Gasteiger partial charge in [-0.3, -0.25) is 9.89 Å². The number of aromatic nitrogens is 3. The summed E-state index contributed by atoms with van der Waals surface area (Å²) in [5.41, 5.74) is 1.88. The second-order valence-electron chi connectivity index (χ2n) is 6.34. The highest BCUT2D eigenvalue weighted by molar-refractivity contribution is 7.99. The normalized spacial score (nSPS) is 10.8. The molecule has 1 amide bonds. The van der Waals surface area contributed by atoms with E-state index in [1.165, 1.54) is 11.8 Å². The van der Waals surface area contributed by atoms with Crippen LogP contribution in [-0.2, 0) is 9.53 Å². The number of aromatic amines is 1. The third-order valence-corrected chi connectivity index (χ3v) is 4.76. The molecule has 0 bridgehead atoms. The van der Waals surface area contributed by atoms with E-state index < -0.39 is 5.97 Å². The molecule has 7 nitrogen and oxygen atoms in total. The van der Waals surface area contributed by atoms with Crippen LogP contribution in [0.25, 0.3) is 11.4 Å². The van der Waals surface area contributed by atoms with Gasteiger partial charge in [0, 0.05) is 16.3 Å². The number of thioether (sulfide) groups is 1. The highest BCUT2D eigenvalue weighted by atomic mass is 35.5. The van der Waals surface area contributed by atoms with Gasteiger partial charge in [-0.2, -0.15) is 0 Å². The van der Waals surface area contributed by atoms with Crippen LogP contribution in [0.4, 0.5) is 5.69 Å². The van der Waals surface area contributed by atoms with Crippen molar-refractivity contribution in [3.63, 3.8) is 0 Å². The van der Waals surface area contributed by atoms with Crippen LogP contribution in [0.1, 0.15) is 24.2 Å². The van der Waals surface area contributed by atoms with Gasteiger partial charge in [-0.1, -0.05) is 23.4 Å². The third-order valence-electron chi connectivity index (χ3n) is 3.66. The Bertz CT molecular complexity index is 988. The van der Waals surface area contributed by atoms with E-state index in [4.69, 9.17) is 16.3 Å². The summed E-state index contributed by atoms with van der Waals surface area (Å²) in [5, 5.41) is 10.8. The van der Waals surface area contributed by atoms with E-state index in [1.54, 1.807) is 50.2 Å². The molecule has 3 aromatic rings. The summed E-state index contributed by atoms with van der Waals surface area (Å²) in [6, 6.07) is 13.8. The van der Waals surface area contributed by atoms with Crippen molar-refractivity contribution in [3.8, 4) is 11.4 Å². The summed E-state index contributed by atoms with van der Waals surface area (Å²) in [5.74, 6) is 0.156. The van der Waals surface area contributed by atoms with E-state index in [-0.39, 0.29) is 17.8 Å². The molecule has 1 aromatic heterocycles. The van der Waals surface area contributed by atoms with Crippen molar-refractivity contribution in [1.29, 1.82) is 0 Å². The van der Waals surface area contributed by atoms with Gasteiger partial charge < -0.3 is 10.1 Å². The average molecular weight is 431 g/mol. The first kappa shape index (κ1) is 20.9. The van der Waals surface area contributed by atoms with Crippen molar-refractivity contribution in [1.82, 2.24) is 15.2 Å². The van der Waals surface area contributed by atoms with Crippen LogP contribution in [0.3, 0.4) is 0 Å². The van der Waals surface area contributed by atoms with Crippen LogP contribution in [0.2, 0.25) is 5.02 Å². The fourth-order valence-electron chi connectivity index (χ4n) is 2.35. The first-order chi connectivity index (χ1) is 13.9. The predicted molar refractivity (Wildman–Crippen MR) is 113 cm³/mol. The first-order valence-electron chi connectivity index (χ1n) is 8.83. The molecule has 0 aliphatic carbocycles. The van der Waals surface area contributed by atoms with Crippen molar-refractivity contribution in [3.05, 3.63) is 59.1 Å². The maximum absolute atomic E-state index is 12.2. The minimum absolute atomic E-state index is 0.148. The molecule has 150 valence electrons. The number of hydrogen-bond acceptors (Lipinski definition) is 6. The lowest BCUT2D eigenvalue weighted by Gasteiger charge is -2.08. The van der Waals surface area contributed by atoms with Gasteiger partial charge in [-0.05, 0) is 62.4 Å². The van der Waals surface area contributed by atoms with Gasteiger partial charge in [-0.25, -0.2) is 9.78 Å². The number of hydrogen-bond donors (Lipinski definition) is 2. The highest BCUT2D eigenvalue weighted by Gasteiger charge is 2.11. The summed E-state index contributed by atoms with van der Waals surface area (Å²) >= 11 is 7.10. The number of benzene rings is 2. The number of anilines is 1. The van der Waals surface area contributed by atoms with E-state index >= 15 is 0 Å². The Hall–Kier alpha value is -2.84. The molecule has 3 rings (SSSR count). The number of rotatable bonds is 7. The maximum Gasteiger partial charge on any atom is 0.338 e. The van der Waals surface area contributed by atoms with Gasteiger partial charge in [0.05, 0.1) is 17.4 Å². The smallest absolute Gasteiger partial charge is 0.338 e. The number of carbonyl (C=O) groups excluding carboxylic acids is 2. The molecule has 0 saturated carbocycles. The molecule has 0 spiro atoms. The van der Waals surface area contributed by atoms with Gasteiger partial charge in [0.1, 0.15) is 0 Å². The fourth-order valence-corrected chi connectivity index (χ4v) is 3.07. The summed E-state index contributed by atoms with van der Waals surface area (Å²) in [6.07, 6.45) is -0.185. The van der Waals surface area contributed by atoms with Gasteiger partial charge in [-0.15, -0.1) is 5.10 Å². The van der Waals surface area contributed by atoms with E-state index in [1.807, 2.05) is 12.1 Å². The van der Waals surface area contributed by atoms with E-state index in [0.29, 0.717) is 27.3 Å². The molecule has 0 fully saturated rings. The molecule has 0 radical (unpaired) electrons. The number of esters is 1. The second-order valence-corrected chi connectivity index (χ2v) is 7.72. The average Bonchev–Trinajstić information content (AvgIpc) is 3.16.